The van der Waals surface area contributed by atoms with Crippen LogP contribution in [0.25, 0.3) is 0 Å². The lowest BCUT2D eigenvalue weighted by Crippen LogP contribution is -2.51. The van der Waals surface area contributed by atoms with Gasteiger partial charge in [0, 0.05) is 11.4 Å². The minimum atomic E-state index is -0.849. The van der Waals surface area contributed by atoms with Gasteiger partial charge < -0.3 is 9.88 Å². The Balaban J connectivity index is 1.30. The second kappa shape index (κ2) is 8.54. The molecule has 0 unspecified atom stereocenters. The van der Waals surface area contributed by atoms with Crippen molar-refractivity contribution in [3.8, 4) is 0 Å². The first-order valence-electron chi connectivity index (χ1n) is 9.57. The quantitative estimate of drug-likeness (QED) is 0.509. The molecule has 0 atom stereocenters. The maximum absolute atomic E-state index is 12.7. The van der Waals surface area contributed by atoms with Crippen LogP contribution in [-0.4, -0.2) is 48.9 Å². The summed E-state index contributed by atoms with van der Waals surface area (Å²) in [4.78, 5) is 38.6. The lowest BCUT2D eigenvalue weighted by Gasteiger charge is -2.30. The molecule has 1 saturated carbocycles. The fourth-order valence-electron chi connectivity index (χ4n) is 3.70. The molecule has 1 aliphatic heterocycles. The topological polar surface area (TPSA) is 109 Å². The largest absolute Gasteiger partial charge is 0.344 e. The minimum absolute atomic E-state index is 0.0295. The number of nitrogens with one attached hydrogen (secondary N) is 2. The third-order valence-corrected chi connectivity index (χ3v) is 7.11. The summed E-state index contributed by atoms with van der Waals surface area (Å²) in [5, 5.41) is 14.2. The number of rotatable bonds is 7. The number of thiophene rings is 1. The minimum Gasteiger partial charge on any atom is -0.322 e. The monoisotopic (exact) mass is 434 g/mol. The number of aromatic nitrogens is 3. The summed E-state index contributed by atoms with van der Waals surface area (Å²) in [6.07, 6.45) is 6.58. The van der Waals surface area contributed by atoms with Crippen molar-refractivity contribution in [2.24, 2.45) is 0 Å². The van der Waals surface area contributed by atoms with Gasteiger partial charge in [-0.1, -0.05) is 37.1 Å². The van der Waals surface area contributed by atoms with E-state index in [1.807, 2.05) is 16.0 Å². The van der Waals surface area contributed by atoms with Gasteiger partial charge in [-0.3, -0.25) is 15.0 Å². The molecule has 1 aliphatic carbocycles. The van der Waals surface area contributed by atoms with Crippen LogP contribution in [0.15, 0.2) is 29.0 Å². The number of thioether (sulfide) groups is 1. The Morgan fingerprint density at radius 3 is 2.90 bits per heavy atom. The van der Waals surface area contributed by atoms with E-state index in [1.54, 1.807) is 17.7 Å². The number of imide groups is 1. The van der Waals surface area contributed by atoms with Crippen molar-refractivity contribution >= 4 is 40.9 Å². The van der Waals surface area contributed by atoms with Crippen LogP contribution >= 0.6 is 23.1 Å². The number of hydrogen-bond acceptors (Lipinski definition) is 7. The summed E-state index contributed by atoms with van der Waals surface area (Å²) in [5.41, 5.74) is 1.59. The molecule has 29 heavy (non-hydrogen) atoms. The molecule has 11 heteroatoms. The Labute approximate surface area is 176 Å². The van der Waals surface area contributed by atoms with Crippen molar-refractivity contribution in [3.63, 3.8) is 0 Å². The van der Waals surface area contributed by atoms with Crippen LogP contribution in [0.3, 0.4) is 0 Å². The first kappa shape index (κ1) is 19.9. The molecule has 2 N–H and O–H groups in total. The fourth-order valence-corrected chi connectivity index (χ4v) is 5.13. The van der Waals surface area contributed by atoms with Gasteiger partial charge in [0.05, 0.1) is 5.75 Å². The molecule has 1 saturated heterocycles. The van der Waals surface area contributed by atoms with Gasteiger partial charge in [-0.15, -0.1) is 21.5 Å². The maximum Gasteiger partial charge on any atom is 0.344 e. The summed E-state index contributed by atoms with van der Waals surface area (Å²) in [6, 6.07) is 3.53. The van der Waals surface area contributed by atoms with Gasteiger partial charge in [-0.2, -0.15) is 5.01 Å². The Hall–Kier alpha value is -2.40. The van der Waals surface area contributed by atoms with Crippen LogP contribution in [0, 0.1) is 0 Å². The molecule has 2 aliphatic rings. The molecule has 4 amide bonds. The van der Waals surface area contributed by atoms with Crippen LogP contribution in [0.5, 0.6) is 0 Å². The van der Waals surface area contributed by atoms with Crippen molar-refractivity contribution in [1.82, 2.24) is 30.5 Å². The Morgan fingerprint density at radius 2 is 2.14 bits per heavy atom. The zero-order chi connectivity index (χ0) is 20.3. The van der Waals surface area contributed by atoms with Crippen LogP contribution < -0.4 is 10.7 Å². The molecule has 2 aromatic heterocycles. The van der Waals surface area contributed by atoms with Gasteiger partial charge in [0.1, 0.15) is 11.9 Å². The highest BCUT2D eigenvalue weighted by molar-refractivity contribution is 7.99. The maximum atomic E-state index is 12.7. The van der Waals surface area contributed by atoms with Gasteiger partial charge in [0.25, 0.3) is 5.91 Å². The van der Waals surface area contributed by atoms with E-state index in [-0.39, 0.29) is 11.7 Å². The van der Waals surface area contributed by atoms with Crippen molar-refractivity contribution in [2.45, 2.75) is 55.8 Å². The number of hydrogen-bond donors (Lipinski definition) is 2. The van der Waals surface area contributed by atoms with E-state index in [2.05, 4.69) is 27.0 Å². The Kier molecular flexibility index (Phi) is 5.86. The average Bonchev–Trinajstić information content (AvgIpc) is 3.44. The summed E-state index contributed by atoms with van der Waals surface area (Å²) in [6.45, 7) is 0.715. The average molecular weight is 435 g/mol. The van der Waals surface area contributed by atoms with Gasteiger partial charge in [0.2, 0.25) is 5.91 Å². The number of aryl methyl sites for hydroxylation is 2. The Bertz CT molecular complexity index is 891. The molecule has 2 fully saturated rings. The predicted molar refractivity (Wildman–Crippen MR) is 108 cm³/mol. The van der Waals surface area contributed by atoms with E-state index in [0.29, 0.717) is 24.5 Å². The predicted octanol–water partition coefficient (Wildman–Crippen LogP) is 1.96. The molecule has 0 bridgehead atoms. The third kappa shape index (κ3) is 4.30. The standard InChI is InChI=1S/C18H22N6O3S2/c25-14(22-24-15(26)18(20-16(24)27)7-2-1-3-8-18)11-29-17-21-19-12-23(17)9-6-13-5-4-10-28-13/h4-5,10,12H,1-3,6-9,11H2,(H,20,27)(H,22,25). The van der Waals surface area contributed by atoms with Crippen LogP contribution in [-0.2, 0) is 22.6 Å². The third-order valence-electron chi connectivity index (χ3n) is 5.20. The van der Waals surface area contributed by atoms with E-state index < -0.39 is 17.5 Å². The molecule has 2 aromatic rings. The highest BCUT2D eigenvalue weighted by Gasteiger charge is 2.52. The molecule has 9 nitrogen and oxygen atoms in total. The first-order chi connectivity index (χ1) is 14.1. The fraction of sp³-hybridized carbons (Fsp3) is 0.500. The lowest BCUT2D eigenvalue weighted by molar-refractivity contribution is -0.139. The van der Waals surface area contributed by atoms with Crippen molar-refractivity contribution < 1.29 is 14.4 Å². The molecule has 1 spiro atoms. The zero-order valence-corrected chi connectivity index (χ0v) is 17.4. The summed E-state index contributed by atoms with van der Waals surface area (Å²) in [7, 11) is 0. The van der Waals surface area contributed by atoms with E-state index in [4.69, 9.17) is 0 Å². The van der Waals surface area contributed by atoms with Gasteiger partial charge >= 0.3 is 6.03 Å². The SMILES string of the molecule is O=C(CSc1nncn1CCc1cccs1)NN1C(=O)NC2(CCCCC2)C1=O. The van der Waals surface area contributed by atoms with E-state index >= 15 is 0 Å². The smallest absolute Gasteiger partial charge is 0.322 e. The van der Waals surface area contributed by atoms with Gasteiger partial charge in [-0.05, 0) is 30.7 Å². The summed E-state index contributed by atoms with van der Waals surface area (Å²) < 4.78 is 1.89. The molecule has 154 valence electrons. The van der Waals surface area contributed by atoms with Crippen LogP contribution in [0.1, 0.15) is 37.0 Å². The molecular weight excluding hydrogens is 412 g/mol. The van der Waals surface area contributed by atoms with Crippen molar-refractivity contribution in [1.29, 1.82) is 0 Å². The summed E-state index contributed by atoms with van der Waals surface area (Å²) >= 11 is 2.92. The van der Waals surface area contributed by atoms with E-state index in [0.717, 1.165) is 30.7 Å². The number of amides is 4. The van der Waals surface area contributed by atoms with Crippen LogP contribution in [0.4, 0.5) is 4.79 Å². The highest BCUT2D eigenvalue weighted by Crippen LogP contribution is 2.33. The second-order valence-corrected chi connectivity index (χ2v) is 9.15. The first-order valence-corrected chi connectivity index (χ1v) is 11.4. The number of hydrazine groups is 1. The molecule has 4 rings (SSSR count). The summed E-state index contributed by atoms with van der Waals surface area (Å²) in [5.74, 6) is -0.763. The van der Waals surface area contributed by atoms with Crippen molar-refractivity contribution in [3.05, 3.63) is 28.7 Å². The highest BCUT2D eigenvalue weighted by atomic mass is 32.2. The van der Waals surface area contributed by atoms with Gasteiger partial charge in [0.15, 0.2) is 5.16 Å². The van der Waals surface area contributed by atoms with E-state index in [1.165, 1.54) is 16.6 Å². The molecule has 3 heterocycles. The number of nitrogens with zero attached hydrogens (tertiary/aromatic N) is 4. The molecular formula is C18H22N6O3S2. The number of carbonyl (C=O) groups is 3. The lowest BCUT2D eigenvalue weighted by atomic mass is 9.82. The number of urea groups is 1. The number of carbonyl (C=O) groups excluding carboxylic acids is 3. The van der Waals surface area contributed by atoms with Crippen molar-refractivity contribution in [2.75, 3.05) is 5.75 Å². The van der Waals surface area contributed by atoms with Crippen LogP contribution in [0.2, 0.25) is 0 Å². The normalized spacial score (nSPS) is 18.3. The Morgan fingerprint density at radius 1 is 1.31 bits per heavy atom. The van der Waals surface area contributed by atoms with E-state index in [9.17, 15) is 14.4 Å². The zero-order valence-electron chi connectivity index (χ0n) is 15.8. The van der Waals surface area contributed by atoms with Gasteiger partial charge in [-0.25, -0.2) is 4.79 Å². The molecule has 0 radical (unpaired) electrons. The molecule has 0 aromatic carbocycles. The second-order valence-electron chi connectivity index (χ2n) is 7.17.